The molecule has 0 aliphatic carbocycles. The molecule has 18 heavy (non-hydrogen) atoms. The average Bonchev–Trinajstić information content (AvgIpc) is 2.42. The minimum atomic E-state index is 0.00316. The third-order valence-electron chi connectivity index (χ3n) is 2.56. The van der Waals surface area contributed by atoms with Crippen molar-refractivity contribution in [3.8, 4) is 0 Å². The summed E-state index contributed by atoms with van der Waals surface area (Å²) in [6.45, 7) is 3.03. The molecule has 94 valence electrons. The molecule has 0 fully saturated rings. The van der Waals surface area contributed by atoms with Crippen LogP contribution in [0.25, 0.3) is 0 Å². The SMILES string of the molecule is CCCNC(c1cncnc1)c1ccc(Cl)cn1. The van der Waals surface area contributed by atoms with Gasteiger partial charge in [-0.3, -0.25) is 4.98 Å². The Balaban J connectivity index is 2.27. The lowest BCUT2D eigenvalue weighted by atomic mass is 10.1. The molecule has 5 heteroatoms. The number of pyridine rings is 1. The van der Waals surface area contributed by atoms with Gasteiger partial charge in [0.25, 0.3) is 0 Å². The summed E-state index contributed by atoms with van der Waals surface area (Å²) in [4.78, 5) is 12.5. The van der Waals surface area contributed by atoms with Gasteiger partial charge in [0.05, 0.1) is 16.8 Å². The molecule has 0 saturated carbocycles. The zero-order chi connectivity index (χ0) is 12.8. The van der Waals surface area contributed by atoms with Crippen molar-refractivity contribution in [3.63, 3.8) is 0 Å². The van der Waals surface area contributed by atoms with Gasteiger partial charge in [0, 0.05) is 24.2 Å². The van der Waals surface area contributed by atoms with E-state index in [-0.39, 0.29) is 6.04 Å². The van der Waals surface area contributed by atoms with Crippen LogP contribution in [0.4, 0.5) is 0 Å². The van der Waals surface area contributed by atoms with E-state index in [9.17, 15) is 0 Å². The molecule has 0 aliphatic heterocycles. The van der Waals surface area contributed by atoms with Gasteiger partial charge in [-0.05, 0) is 25.1 Å². The molecular weight excluding hydrogens is 248 g/mol. The molecular formula is C13H15ClN4. The summed E-state index contributed by atoms with van der Waals surface area (Å²) < 4.78 is 0. The Morgan fingerprint density at radius 1 is 1.22 bits per heavy atom. The summed E-state index contributed by atoms with van der Waals surface area (Å²) >= 11 is 5.86. The predicted octanol–water partition coefficient (Wildman–Crippen LogP) is 2.61. The minimum absolute atomic E-state index is 0.00316. The van der Waals surface area contributed by atoms with Crippen LogP contribution in [0.3, 0.4) is 0 Å². The molecule has 0 amide bonds. The first kappa shape index (κ1) is 12.9. The second kappa shape index (κ2) is 6.42. The number of rotatable bonds is 5. The third-order valence-corrected chi connectivity index (χ3v) is 2.78. The van der Waals surface area contributed by atoms with E-state index in [4.69, 9.17) is 11.6 Å². The fourth-order valence-corrected chi connectivity index (χ4v) is 1.81. The van der Waals surface area contributed by atoms with E-state index in [2.05, 4.69) is 27.2 Å². The summed E-state index contributed by atoms with van der Waals surface area (Å²) in [6.07, 6.45) is 7.84. The fourth-order valence-electron chi connectivity index (χ4n) is 1.70. The zero-order valence-electron chi connectivity index (χ0n) is 10.2. The smallest absolute Gasteiger partial charge is 0.115 e. The first-order valence-corrected chi connectivity index (χ1v) is 6.28. The van der Waals surface area contributed by atoms with Crippen molar-refractivity contribution in [1.29, 1.82) is 0 Å². The van der Waals surface area contributed by atoms with E-state index >= 15 is 0 Å². The molecule has 0 saturated heterocycles. The average molecular weight is 263 g/mol. The van der Waals surface area contributed by atoms with Gasteiger partial charge in [0.15, 0.2) is 0 Å². The van der Waals surface area contributed by atoms with Crippen LogP contribution in [0.1, 0.15) is 30.6 Å². The summed E-state index contributed by atoms with van der Waals surface area (Å²) in [5, 5.41) is 4.07. The van der Waals surface area contributed by atoms with Gasteiger partial charge in [0.1, 0.15) is 6.33 Å². The molecule has 0 aliphatic rings. The van der Waals surface area contributed by atoms with E-state index in [1.54, 1.807) is 18.6 Å². The minimum Gasteiger partial charge on any atom is -0.305 e. The molecule has 2 aromatic heterocycles. The molecule has 2 rings (SSSR count). The van der Waals surface area contributed by atoms with Crippen molar-refractivity contribution < 1.29 is 0 Å². The summed E-state index contributed by atoms with van der Waals surface area (Å²) in [5.74, 6) is 0. The standard InChI is InChI=1S/C13H15ClN4/c1-2-5-17-13(10-6-15-9-16-7-10)12-4-3-11(14)8-18-12/h3-4,6-9,13,17H,2,5H2,1H3. The normalized spacial score (nSPS) is 12.3. The van der Waals surface area contributed by atoms with Crippen molar-refractivity contribution in [2.75, 3.05) is 6.54 Å². The van der Waals surface area contributed by atoms with Crippen LogP contribution < -0.4 is 5.32 Å². The lowest BCUT2D eigenvalue weighted by molar-refractivity contribution is 0.583. The summed E-state index contributed by atoms with van der Waals surface area (Å²) in [7, 11) is 0. The van der Waals surface area contributed by atoms with Crippen LogP contribution in [0.15, 0.2) is 37.1 Å². The topological polar surface area (TPSA) is 50.7 Å². The highest BCUT2D eigenvalue weighted by Gasteiger charge is 2.14. The molecule has 0 bridgehead atoms. The lowest BCUT2D eigenvalue weighted by Crippen LogP contribution is -2.24. The maximum Gasteiger partial charge on any atom is 0.115 e. The van der Waals surface area contributed by atoms with Gasteiger partial charge in [-0.1, -0.05) is 18.5 Å². The first-order chi connectivity index (χ1) is 8.81. The number of nitrogens with one attached hydrogen (secondary N) is 1. The number of hydrogen-bond donors (Lipinski definition) is 1. The highest BCUT2D eigenvalue weighted by atomic mass is 35.5. The van der Waals surface area contributed by atoms with Gasteiger partial charge >= 0.3 is 0 Å². The molecule has 0 aromatic carbocycles. The molecule has 0 radical (unpaired) electrons. The van der Waals surface area contributed by atoms with E-state index in [0.717, 1.165) is 24.2 Å². The van der Waals surface area contributed by atoms with E-state index in [1.807, 2.05) is 12.1 Å². The van der Waals surface area contributed by atoms with Gasteiger partial charge in [0.2, 0.25) is 0 Å². The van der Waals surface area contributed by atoms with E-state index < -0.39 is 0 Å². The largest absolute Gasteiger partial charge is 0.305 e. The number of hydrogen-bond acceptors (Lipinski definition) is 4. The van der Waals surface area contributed by atoms with Crippen molar-refractivity contribution >= 4 is 11.6 Å². The number of nitrogens with zero attached hydrogens (tertiary/aromatic N) is 3. The first-order valence-electron chi connectivity index (χ1n) is 5.91. The van der Waals surface area contributed by atoms with Gasteiger partial charge in [-0.15, -0.1) is 0 Å². The molecule has 2 heterocycles. The quantitative estimate of drug-likeness (QED) is 0.900. The van der Waals surface area contributed by atoms with Crippen LogP contribution in [0, 0.1) is 0 Å². The van der Waals surface area contributed by atoms with Gasteiger partial charge in [-0.25, -0.2) is 9.97 Å². The van der Waals surface area contributed by atoms with Crippen molar-refractivity contribution in [2.24, 2.45) is 0 Å². The number of halogens is 1. The fraction of sp³-hybridized carbons (Fsp3) is 0.308. The van der Waals surface area contributed by atoms with Crippen LogP contribution in [0.5, 0.6) is 0 Å². The molecule has 0 spiro atoms. The second-order valence-corrected chi connectivity index (χ2v) is 4.40. The van der Waals surface area contributed by atoms with Crippen LogP contribution in [-0.4, -0.2) is 21.5 Å². The van der Waals surface area contributed by atoms with Crippen molar-refractivity contribution in [1.82, 2.24) is 20.3 Å². The molecule has 2 aromatic rings. The predicted molar refractivity (Wildman–Crippen MR) is 71.4 cm³/mol. The maximum atomic E-state index is 5.86. The van der Waals surface area contributed by atoms with Gasteiger partial charge < -0.3 is 5.32 Å². The highest BCUT2D eigenvalue weighted by molar-refractivity contribution is 6.30. The Labute approximate surface area is 111 Å². The zero-order valence-corrected chi connectivity index (χ0v) is 10.9. The Bertz CT molecular complexity index is 472. The Hall–Kier alpha value is -1.52. The molecule has 1 unspecified atom stereocenters. The number of aromatic nitrogens is 3. The van der Waals surface area contributed by atoms with Crippen molar-refractivity contribution in [2.45, 2.75) is 19.4 Å². The van der Waals surface area contributed by atoms with Gasteiger partial charge in [-0.2, -0.15) is 0 Å². The van der Waals surface area contributed by atoms with Crippen LogP contribution >= 0.6 is 11.6 Å². The maximum absolute atomic E-state index is 5.86. The third kappa shape index (κ3) is 3.24. The molecule has 1 atom stereocenters. The Morgan fingerprint density at radius 2 is 2.00 bits per heavy atom. The van der Waals surface area contributed by atoms with E-state index in [1.165, 1.54) is 6.33 Å². The molecule has 4 nitrogen and oxygen atoms in total. The second-order valence-electron chi connectivity index (χ2n) is 3.96. The van der Waals surface area contributed by atoms with Crippen LogP contribution in [0.2, 0.25) is 5.02 Å². The highest BCUT2D eigenvalue weighted by Crippen LogP contribution is 2.20. The monoisotopic (exact) mass is 262 g/mol. The van der Waals surface area contributed by atoms with E-state index in [0.29, 0.717) is 5.02 Å². The molecule has 1 N–H and O–H groups in total. The Kier molecular flexibility index (Phi) is 4.61. The summed E-state index contributed by atoms with van der Waals surface area (Å²) in [5.41, 5.74) is 1.92. The van der Waals surface area contributed by atoms with Crippen molar-refractivity contribution in [3.05, 3.63) is 53.3 Å². The lowest BCUT2D eigenvalue weighted by Gasteiger charge is -2.17. The Morgan fingerprint density at radius 3 is 2.61 bits per heavy atom. The summed E-state index contributed by atoms with van der Waals surface area (Å²) in [6, 6.07) is 3.76. The van der Waals surface area contributed by atoms with Crippen LogP contribution in [-0.2, 0) is 0 Å².